The van der Waals surface area contributed by atoms with Crippen LogP contribution in [0.5, 0.6) is 0 Å². The molecule has 0 aliphatic carbocycles. The van der Waals surface area contributed by atoms with E-state index < -0.39 is 0 Å². The molecule has 0 spiro atoms. The third-order valence-corrected chi connectivity index (χ3v) is 5.49. The zero-order valence-corrected chi connectivity index (χ0v) is 16.1. The van der Waals surface area contributed by atoms with E-state index in [0.29, 0.717) is 18.7 Å². The number of rotatable bonds is 5. The van der Waals surface area contributed by atoms with Crippen molar-refractivity contribution >= 4 is 11.6 Å². The molecule has 2 aromatic rings. The van der Waals surface area contributed by atoms with Gasteiger partial charge in [0, 0.05) is 32.6 Å². The highest BCUT2D eigenvalue weighted by Gasteiger charge is 2.35. The summed E-state index contributed by atoms with van der Waals surface area (Å²) in [7, 11) is 0. The Balaban J connectivity index is 1.51. The Morgan fingerprint density at radius 1 is 1.14 bits per heavy atom. The van der Waals surface area contributed by atoms with E-state index in [1.807, 2.05) is 12.1 Å². The van der Waals surface area contributed by atoms with Crippen LogP contribution in [0, 0.1) is 5.82 Å². The number of benzene rings is 1. The van der Waals surface area contributed by atoms with Gasteiger partial charge in [0.15, 0.2) is 0 Å². The zero-order chi connectivity index (χ0) is 19.5. The van der Waals surface area contributed by atoms with Gasteiger partial charge in [-0.3, -0.25) is 9.69 Å². The summed E-state index contributed by atoms with van der Waals surface area (Å²) in [5.41, 5.74) is 1.59. The van der Waals surface area contributed by atoms with Crippen molar-refractivity contribution in [3.8, 4) is 0 Å². The fourth-order valence-corrected chi connectivity index (χ4v) is 3.79. The van der Waals surface area contributed by atoms with Crippen molar-refractivity contribution in [2.24, 2.45) is 5.10 Å². The van der Waals surface area contributed by atoms with Crippen molar-refractivity contribution < 1.29 is 13.6 Å². The summed E-state index contributed by atoms with van der Waals surface area (Å²) in [6.07, 6.45) is 2.16. The molecule has 0 saturated carbocycles. The average molecular weight is 384 g/mol. The van der Waals surface area contributed by atoms with Crippen molar-refractivity contribution in [2.45, 2.75) is 19.4 Å². The van der Waals surface area contributed by atoms with Crippen molar-refractivity contribution in [2.75, 3.05) is 39.3 Å². The minimum atomic E-state index is -0.288. The Labute approximate surface area is 164 Å². The number of hydrazone groups is 1. The highest BCUT2D eigenvalue weighted by Crippen LogP contribution is 2.33. The Morgan fingerprint density at radius 2 is 1.86 bits per heavy atom. The van der Waals surface area contributed by atoms with E-state index in [2.05, 4.69) is 21.8 Å². The number of piperazine rings is 1. The number of carbonyl (C=O) groups is 1. The molecule has 7 heteroatoms. The fourth-order valence-electron chi connectivity index (χ4n) is 3.79. The van der Waals surface area contributed by atoms with Crippen LogP contribution < -0.4 is 0 Å². The molecule has 1 atom stereocenters. The highest BCUT2D eigenvalue weighted by atomic mass is 19.1. The summed E-state index contributed by atoms with van der Waals surface area (Å²) in [5.74, 6) is 0.387. The van der Waals surface area contributed by atoms with Gasteiger partial charge in [0.25, 0.3) is 5.91 Å². The Morgan fingerprint density at radius 3 is 2.50 bits per heavy atom. The van der Waals surface area contributed by atoms with Crippen LogP contribution in [0.25, 0.3) is 0 Å². The van der Waals surface area contributed by atoms with Crippen LogP contribution in [0.15, 0.2) is 52.2 Å². The van der Waals surface area contributed by atoms with E-state index in [1.54, 1.807) is 23.4 Å². The number of hydrogen-bond acceptors (Lipinski definition) is 5. The van der Waals surface area contributed by atoms with Gasteiger partial charge in [-0.15, -0.1) is 0 Å². The normalized spacial score (nSPS) is 21.1. The lowest BCUT2D eigenvalue weighted by Crippen LogP contribution is -2.49. The first-order chi connectivity index (χ1) is 13.6. The van der Waals surface area contributed by atoms with Crippen LogP contribution >= 0.6 is 0 Å². The van der Waals surface area contributed by atoms with Gasteiger partial charge >= 0.3 is 0 Å². The predicted molar refractivity (Wildman–Crippen MR) is 104 cm³/mol. The van der Waals surface area contributed by atoms with Gasteiger partial charge in [-0.2, -0.15) is 5.10 Å². The number of likely N-dealkylation sites (N-methyl/N-ethyl adjacent to an activating group) is 1. The van der Waals surface area contributed by atoms with Crippen molar-refractivity contribution in [1.29, 1.82) is 0 Å². The molecule has 2 aliphatic rings. The summed E-state index contributed by atoms with van der Waals surface area (Å²) in [6.45, 7) is 7.27. The maximum absolute atomic E-state index is 13.3. The second-order valence-electron chi connectivity index (χ2n) is 7.24. The molecule has 148 valence electrons. The van der Waals surface area contributed by atoms with Gasteiger partial charge < -0.3 is 9.32 Å². The quantitative estimate of drug-likeness (QED) is 0.796. The first-order valence-electron chi connectivity index (χ1n) is 9.77. The van der Waals surface area contributed by atoms with Crippen LogP contribution in [-0.4, -0.2) is 65.7 Å². The van der Waals surface area contributed by atoms with Crippen LogP contribution in [0.4, 0.5) is 4.39 Å². The van der Waals surface area contributed by atoms with Crippen LogP contribution in [0.2, 0.25) is 0 Å². The monoisotopic (exact) mass is 384 g/mol. The number of amides is 1. The summed E-state index contributed by atoms with van der Waals surface area (Å²) in [5, 5.41) is 6.15. The molecule has 3 heterocycles. The molecule has 28 heavy (non-hydrogen) atoms. The molecule has 6 nitrogen and oxygen atoms in total. The lowest BCUT2D eigenvalue weighted by Gasteiger charge is -2.34. The first-order valence-corrected chi connectivity index (χ1v) is 9.77. The lowest BCUT2D eigenvalue weighted by molar-refractivity contribution is -0.135. The summed E-state index contributed by atoms with van der Waals surface area (Å²) in [4.78, 5) is 17.6. The highest BCUT2D eigenvalue weighted by molar-refractivity contribution is 6.03. The minimum absolute atomic E-state index is 0.0385. The number of nitrogens with zero attached hydrogens (tertiary/aromatic N) is 4. The first kappa shape index (κ1) is 18.8. The number of halogens is 1. The Kier molecular flexibility index (Phi) is 5.54. The molecule has 1 aromatic carbocycles. The molecular weight excluding hydrogens is 359 g/mol. The summed E-state index contributed by atoms with van der Waals surface area (Å²) in [6, 6.07) is 9.65. The van der Waals surface area contributed by atoms with E-state index in [-0.39, 0.29) is 17.8 Å². The third kappa shape index (κ3) is 4.00. The van der Waals surface area contributed by atoms with Crippen molar-refractivity contribution in [3.63, 3.8) is 0 Å². The SMILES string of the molecule is CCN1CCN(CC(=O)N2N=C(c3ccc(F)cc3)CC2c2ccco2)CC1. The van der Waals surface area contributed by atoms with Gasteiger partial charge in [0.05, 0.1) is 18.5 Å². The smallest absolute Gasteiger partial charge is 0.257 e. The molecule has 1 amide bonds. The van der Waals surface area contributed by atoms with Crippen LogP contribution in [0.3, 0.4) is 0 Å². The largest absolute Gasteiger partial charge is 0.467 e. The van der Waals surface area contributed by atoms with E-state index in [0.717, 1.165) is 44.0 Å². The fraction of sp³-hybridized carbons (Fsp3) is 0.429. The number of hydrogen-bond donors (Lipinski definition) is 0. The van der Waals surface area contributed by atoms with E-state index in [1.165, 1.54) is 12.1 Å². The molecule has 1 fully saturated rings. The molecule has 1 unspecified atom stereocenters. The minimum Gasteiger partial charge on any atom is -0.467 e. The summed E-state index contributed by atoms with van der Waals surface area (Å²) >= 11 is 0. The molecule has 4 rings (SSSR count). The van der Waals surface area contributed by atoms with E-state index in [9.17, 15) is 9.18 Å². The lowest BCUT2D eigenvalue weighted by atomic mass is 10.0. The average Bonchev–Trinajstić information content (AvgIpc) is 3.39. The summed E-state index contributed by atoms with van der Waals surface area (Å²) < 4.78 is 18.8. The molecule has 0 radical (unpaired) electrons. The van der Waals surface area contributed by atoms with Gasteiger partial charge in [-0.05, 0) is 36.4 Å². The van der Waals surface area contributed by atoms with Crippen LogP contribution in [0.1, 0.15) is 30.7 Å². The van der Waals surface area contributed by atoms with Gasteiger partial charge in [-0.25, -0.2) is 9.40 Å². The van der Waals surface area contributed by atoms with Crippen molar-refractivity contribution in [3.05, 3.63) is 59.8 Å². The van der Waals surface area contributed by atoms with Gasteiger partial charge in [-0.1, -0.05) is 19.1 Å². The Hall–Kier alpha value is -2.51. The van der Waals surface area contributed by atoms with E-state index in [4.69, 9.17) is 4.42 Å². The maximum Gasteiger partial charge on any atom is 0.257 e. The zero-order valence-electron chi connectivity index (χ0n) is 16.1. The van der Waals surface area contributed by atoms with Gasteiger partial charge in [0.2, 0.25) is 0 Å². The number of carbonyl (C=O) groups excluding carboxylic acids is 1. The molecular formula is C21H25FN4O2. The predicted octanol–water partition coefficient (Wildman–Crippen LogP) is 2.73. The van der Waals surface area contributed by atoms with E-state index >= 15 is 0 Å². The topological polar surface area (TPSA) is 52.3 Å². The van der Waals surface area contributed by atoms with Crippen LogP contribution in [-0.2, 0) is 4.79 Å². The molecule has 1 saturated heterocycles. The molecule has 0 bridgehead atoms. The standard InChI is InChI=1S/C21H25FN4O2/c1-2-24-9-11-25(12-10-24)15-21(27)26-19(20-4-3-13-28-20)14-18(23-26)16-5-7-17(22)8-6-16/h3-8,13,19H,2,9-12,14-15H2,1H3. The number of furan rings is 1. The Bertz CT molecular complexity index is 827. The molecule has 0 N–H and O–H groups in total. The second kappa shape index (κ2) is 8.24. The second-order valence-corrected chi connectivity index (χ2v) is 7.24. The molecule has 1 aromatic heterocycles. The molecule has 2 aliphatic heterocycles. The van der Waals surface area contributed by atoms with Gasteiger partial charge in [0.1, 0.15) is 17.6 Å². The third-order valence-electron chi connectivity index (χ3n) is 5.49. The van der Waals surface area contributed by atoms with Crippen molar-refractivity contribution in [1.82, 2.24) is 14.8 Å². The maximum atomic E-state index is 13.3.